The molecule has 0 aliphatic heterocycles. The van der Waals surface area contributed by atoms with E-state index in [1.807, 2.05) is 6.07 Å². The van der Waals surface area contributed by atoms with Gasteiger partial charge in [-0.15, -0.1) is 0 Å². The van der Waals surface area contributed by atoms with E-state index in [2.05, 4.69) is 21.2 Å². The van der Waals surface area contributed by atoms with Crippen LogP contribution < -0.4 is 5.32 Å². The number of benzene rings is 1. The summed E-state index contributed by atoms with van der Waals surface area (Å²) in [5, 5.41) is 2.76. The molecular formula is C14H13BrFNO2. The summed E-state index contributed by atoms with van der Waals surface area (Å²) in [5.74, 6) is 0.302. The molecule has 2 rings (SSSR count). The van der Waals surface area contributed by atoms with Gasteiger partial charge in [-0.3, -0.25) is 4.79 Å². The van der Waals surface area contributed by atoms with Crippen LogP contribution in [0.1, 0.15) is 17.7 Å². The minimum atomic E-state index is -0.342. The molecular weight excluding hydrogens is 313 g/mol. The summed E-state index contributed by atoms with van der Waals surface area (Å²) in [4.78, 5) is 11.8. The van der Waals surface area contributed by atoms with Crippen molar-refractivity contribution in [3.63, 3.8) is 0 Å². The Bertz CT molecular complexity index is 581. The van der Waals surface area contributed by atoms with Gasteiger partial charge in [-0.05, 0) is 52.7 Å². The van der Waals surface area contributed by atoms with Crippen molar-refractivity contribution < 1.29 is 13.6 Å². The molecule has 100 valence electrons. The first-order valence-corrected chi connectivity index (χ1v) is 6.63. The van der Waals surface area contributed by atoms with Crippen LogP contribution in [-0.2, 0) is 11.2 Å². The summed E-state index contributed by atoms with van der Waals surface area (Å²) >= 11 is 3.10. The Kier molecular flexibility index (Phi) is 4.37. The zero-order chi connectivity index (χ0) is 13.8. The minimum absolute atomic E-state index is 0.127. The molecule has 3 nitrogen and oxygen atoms in total. The lowest BCUT2D eigenvalue weighted by Gasteiger charge is -2.09. The van der Waals surface area contributed by atoms with Crippen molar-refractivity contribution in [1.29, 1.82) is 0 Å². The van der Waals surface area contributed by atoms with Gasteiger partial charge in [0.1, 0.15) is 11.6 Å². The summed E-state index contributed by atoms with van der Waals surface area (Å²) in [6.45, 7) is 1.75. The lowest BCUT2D eigenvalue weighted by Crippen LogP contribution is -2.13. The third-order valence-electron chi connectivity index (χ3n) is 2.72. The van der Waals surface area contributed by atoms with Crippen LogP contribution >= 0.6 is 15.9 Å². The quantitative estimate of drug-likeness (QED) is 0.921. The highest BCUT2D eigenvalue weighted by molar-refractivity contribution is 9.10. The molecule has 1 aromatic heterocycles. The monoisotopic (exact) mass is 325 g/mol. The molecule has 19 heavy (non-hydrogen) atoms. The van der Waals surface area contributed by atoms with Crippen LogP contribution in [0.5, 0.6) is 0 Å². The van der Waals surface area contributed by atoms with Gasteiger partial charge in [-0.1, -0.05) is 0 Å². The van der Waals surface area contributed by atoms with Gasteiger partial charge in [-0.25, -0.2) is 4.39 Å². The molecule has 0 bridgehead atoms. The first-order chi connectivity index (χ1) is 9.06. The maximum absolute atomic E-state index is 13.3. The second kappa shape index (κ2) is 6.02. The van der Waals surface area contributed by atoms with Crippen LogP contribution in [0.15, 0.2) is 39.4 Å². The van der Waals surface area contributed by atoms with Gasteiger partial charge in [0.15, 0.2) is 0 Å². The molecule has 0 unspecified atom stereocenters. The highest BCUT2D eigenvalue weighted by atomic mass is 79.9. The van der Waals surface area contributed by atoms with Gasteiger partial charge in [0, 0.05) is 18.5 Å². The van der Waals surface area contributed by atoms with Crippen LogP contribution in [0.3, 0.4) is 0 Å². The number of nitrogens with one attached hydrogen (secondary N) is 1. The van der Waals surface area contributed by atoms with Crippen LogP contribution in [0.2, 0.25) is 0 Å². The van der Waals surface area contributed by atoms with E-state index in [9.17, 15) is 9.18 Å². The zero-order valence-corrected chi connectivity index (χ0v) is 12.0. The van der Waals surface area contributed by atoms with Crippen molar-refractivity contribution in [2.45, 2.75) is 19.8 Å². The number of anilines is 1. The molecule has 1 N–H and O–H groups in total. The number of halogens is 2. The molecule has 1 aromatic carbocycles. The minimum Gasteiger partial charge on any atom is -0.469 e. The largest absolute Gasteiger partial charge is 0.469 e. The van der Waals surface area contributed by atoms with Crippen molar-refractivity contribution in [3.05, 3.63) is 52.1 Å². The van der Waals surface area contributed by atoms with E-state index >= 15 is 0 Å². The highest BCUT2D eigenvalue weighted by Gasteiger charge is 2.09. The Morgan fingerprint density at radius 2 is 2.26 bits per heavy atom. The fourth-order valence-electron chi connectivity index (χ4n) is 1.69. The van der Waals surface area contributed by atoms with E-state index in [1.165, 1.54) is 6.07 Å². The van der Waals surface area contributed by atoms with Gasteiger partial charge in [0.25, 0.3) is 0 Å². The van der Waals surface area contributed by atoms with E-state index in [4.69, 9.17) is 4.42 Å². The number of hydrogen-bond acceptors (Lipinski definition) is 2. The molecule has 0 saturated heterocycles. The van der Waals surface area contributed by atoms with Gasteiger partial charge in [0.05, 0.1) is 10.7 Å². The van der Waals surface area contributed by atoms with Crippen molar-refractivity contribution in [2.24, 2.45) is 0 Å². The predicted molar refractivity (Wildman–Crippen MR) is 74.5 cm³/mol. The molecule has 0 spiro atoms. The third kappa shape index (κ3) is 3.67. The second-order valence-corrected chi connectivity index (χ2v) is 5.06. The maximum Gasteiger partial charge on any atom is 0.224 e. The Morgan fingerprint density at radius 1 is 1.47 bits per heavy atom. The van der Waals surface area contributed by atoms with Crippen molar-refractivity contribution in [3.8, 4) is 0 Å². The Morgan fingerprint density at radius 3 is 2.95 bits per heavy atom. The molecule has 1 amide bonds. The third-order valence-corrected chi connectivity index (χ3v) is 3.33. The van der Waals surface area contributed by atoms with E-state index in [1.54, 1.807) is 25.3 Å². The van der Waals surface area contributed by atoms with Crippen molar-refractivity contribution in [1.82, 2.24) is 0 Å². The zero-order valence-electron chi connectivity index (χ0n) is 10.4. The topological polar surface area (TPSA) is 42.2 Å². The van der Waals surface area contributed by atoms with Gasteiger partial charge < -0.3 is 9.73 Å². The molecule has 5 heteroatoms. The summed E-state index contributed by atoms with van der Waals surface area (Å²) < 4.78 is 18.7. The molecule has 0 radical (unpaired) electrons. The fourth-order valence-corrected chi connectivity index (χ4v) is 2.03. The van der Waals surface area contributed by atoms with Crippen LogP contribution in [-0.4, -0.2) is 5.91 Å². The van der Waals surface area contributed by atoms with Gasteiger partial charge >= 0.3 is 0 Å². The molecule has 0 aliphatic carbocycles. The average molecular weight is 326 g/mol. The molecule has 1 heterocycles. The number of amides is 1. The van der Waals surface area contributed by atoms with Gasteiger partial charge in [0.2, 0.25) is 5.91 Å². The summed E-state index contributed by atoms with van der Waals surface area (Å²) in [7, 11) is 0. The van der Waals surface area contributed by atoms with Crippen molar-refractivity contribution in [2.75, 3.05) is 5.32 Å². The second-order valence-electron chi connectivity index (χ2n) is 4.21. The van der Waals surface area contributed by atoms with E-state index in [0.29, 0.717) is 28.6 Å². The summed E-state index contributed by atoms with van der Waals surface area (Å²) in [6.07, 6.45) is 2.44. The number of furan rings is 1. The predicted octanol–water partition coefficient (Wildman–Crippen LogP) is 4.06. The summed E-state index contributed by atoms with van der Waals surface area (Å²) in [5.41, 5.74) is 1.30. The highest BCUT2D eigenvalue weighted by Crippen LogP contribution is 2.24. The fraction of sp³-hybridized carbons (Fsp3) is 0.214. The first kappa shape index (κ1) is 13.8. The Balaban J connectivity index is 1.97. The lowest BCUT2D eigenvalue weighted by molar-refractivity contribution is -0.116. The maximum atomic E-state index is 13.3. The van der Waals surface area contributed by atoms with Crippen LogP contribution in [0.25, 0.3) is 0 Å². The SMILES string of the molecule is Cc1cc(F)c(Br)cc1NC(=O)CCc1ccco1. The number of aryl methyl sites for hydroxylation is 2. The van der Waals surface area contributed by atoms with E-state index in [0.717, 1.165) is 5.76 Å². The lowest BCUT2D eigenvalue weighted by atomic mass is 10.2. The van der Waals surface area contributed by atoms with Crippen molar-refractivity contribution >= 4 is 27.5 Å². The smallest absolute Gasteiger partial charge is 0.224 e. The molecule has 0 atom stereocenters. The summed E-state index contributed by atoms with van der Waals surface area (Å²) in [6, 6.07) is 6.56. The molecule has 0 fully saturated rings. The number of rotatable bonds is 4. The standard InChI is InChI=1S/C14H13BrFNO2/c1-9-7-12(16)11(15)8-13(9)17-14(18)5-4-10-3-2-6-19-10/h2-3,6-8H,4-5H2,1H3,(H,17,18). The molecule has 0 aliphatic rings. The Hall–Kier alpha value is -1.62. The van der Waals surface area contributed by atoms with Crippen LogP contribution in [0, 0.1) is 12.7 Å². The molecule has 0 saturated carbocycles. The normalized spacial score (nSPS) is 10.5. The number of hydrogen-bond donors (Lipinski definition) is 1. The van der Waals surface area contributed by atoms with E-state index < -0.39 is 0 Å². The Labute approximate surface area is 118 Å². The van der Waals surface area contributed by atoms with Gasteiger partial charge in [-0.2, -0.15) is 0 Å². The number of carbonyl (C=O) groups excluding carboxylic acids is 1. The number of carbonyl (C=O) groups is 1. The van der Waals surface area contributed by atoms with Crippen LogP contribution in [0.4, 0.5) is 10.1 Å². The molecule has 2 aromatic rings. The first-order valence-electron chi connectivity index (χ1n) is 5.84. The van der Waals surface area contributed by atoms with E-state index in [-0.39, 0.29) is 11.7 Å². The average Bonchev–Trinajstić information content (AvgIpc) is 2.86.